The van der Waals surface area contributed by atoms with Gasteiger partial charge in [0, 0.05) is 31.5 Å². The number of aromatic nitrogens is 1. The Balaban J connectivity index is 1.84. The molecule has 0 unspecified atom stereocenters. The van der Waals surface area contributed by atoms with Crippen LogP contribution in [0.4, 0.5) is 30.2 Å². The van der Waals surface area contributed by atoms with E-state index in [9.17, 15) is 18.0 Å². The van der Waals surface area contributed by atoms with E-state index in [-0.39, 0.29) is 23.5 Å². The van der Waals surface area contributed by atoms with Crippen LogP contribution in [0.25, 0.3) is 11.1 Å². The van der Waals surface area contributed by atoms with Gasteiger partial charge in [0.2, 0.25) is 5.91 Å². The van der Waals surface area contributed by atoms with Crippen LogP contribution in [0, 0.1) is 6.92 Å². The summed E-state index contributed by atoms with van der Waals surface area (Å²) < 4.78 is 40.7. The molecule has 0 spiro atoms. The molecule has 1 aliphatic heterocycles. The third-order valence-corrected chi connectivity index (χ3v) is 5.27. The Morgan fingerprint density at radius 2 is 1.78 bits per heavy atom. The average molecular weight is 438 g/mol. The van der Waals surface area contributed by atoms with Crippen LogP contribution in [0.15, 0.2) is 59.7 Å². The second-order valence-corrected chi connectivity index (χ2v) is 7.78. The highest BCUT2D eigenvalue weighted by molar-refractivity contribution is 6.17. The highest BCUT2D eigenvalue weighted by Gasteiger charge is 2.36. The van der Waals surface area contributed by atoms with Crippen molar-refractivity contribution in [1.29, 1.82) is 0 Å². The van der Waals surface area contributed by atoms with E-state index < -0.39 is 17.6 Å². The van der Waals surface area contributed by atoms with Gasteiger partial charge in [-0.15, -0.1) is 0 Å². The number of carbonyl (C=O) groups is 1. The number of alkyl halides is 3. The van der Waals surface area contributed by atoms with Crippen LogP contribution in [0.5, 0.6) is 0 Å². The molecule has 32 heavy (non-hydrogen) atoms. The third kappa shape index (κ3) is 4.21. The van der Waals surface area contributed by atoms with E-state index in [1.165, 1.54) is 25.1 Å². The fourth-order valence-electron chi connectivity index (χ4n) is 3.72. The smallest absolute Gasteiger partial charge is 0.377 e. The number of halogens is 3. The third-order valence-electron chi connectivity index (χ3n) is 5.27. The van der Waals surface area contributed by atoms with Crippen LogP contribution in [0.3, 0.4) is 0 Å². The summed E-state index contributed by atoms with van der Waals surface area (Å²) in [7, 11) is 3.08. The number of carbonyl (C=O) groups excluding carboxylic acids is 1. The van der Waals surface area contributed by atoms with Crippen molar-refractivity contribution in [2.45, 2.75) is 19.5 Å². The molecular formula is C24H21F3N4O. The van der Waals surface area contributed by atoms with Crippen molar-refractivity contribution >= 4 is 28.7 Å². The molecule has 1 aliphatic rings. The summed E-state index contributed by atoms with van der Waals surface area (Å²) in [5.74, 6) is -0.420. The van der Waals surface area contributed by atoms with Gasteiger partial charge in [-0.1, -0.05) is 24.3 Å². The largest absolute Gasteiger partial charge is 0.418 e. The Morgan fingerprint density at radius 3 is 2.47 bits per heavy atom. The predicted molar refractivity (Wildman–Crippen MR) is 120 cm³/mol. The Hall–Kier alpha value is -3.68. The average Bonchev–Trinajstić information content (AvgIpc) is 2.90. The van der Waals surface area contributed by atoms with Crippen LogP contribution in [0.2, 0.25) is 0 Å². The van der Waals surface area contributed by atoms with E-state index in [2.05, 4.69) is 15.3 Å². The molecule has 0 radical (unpaired) electrons. The monoisotopic (exact) mass is 438 g/mol. The molecule has 1 N–H and O–H groups in total. The number of aliphatic imine (C=N–C) groups is 1. The number of pyridine rings is 1. The molecular weight excluding hydrogens is 417 g/mol. The van der Waals surface area contributed by atoms with Gasteiger partial charge in [0.1, 0.15) is 0 Å². The zero-order valence-corrected chi connectivity index (χ0v) is 17.8. The molecule has 3 aromatic rings. The lowest BCUT2D eigenvalue weighted by molar-refractivity contribution is -0.137. The number of nitrogens with zero attached hydrogens (tertiary/aromatic N) is 3. The van der Waals surface area contributed by atoms with Crippen molar-refractivity contribution in [3.63, 3.8) is 0 Å². The lowest BCUT2D eigenvalue weighted by Crippen LogP contribution is -2.18. The Labute approximate surface area is 183 Å². The van der Waals surface area contributed by atoms with Crippen LogP contribution in [0.1, 0.15) is 23.2 Å². The lowest BCUT2D eigenvalue weighted by Gasteiger charge is -2.21. The van der Waals surface area contributed by atoms with E-state index in [0.717, 1.165) is 28.5 Å². The van der Waals surface area contributed by atoms with Gasteiger partial charge in [0.05, 0.1) is 34.8 Å². The number of rotatable bonds is 3. The normalized spacial score (nSPS) is 13.7. The van der Waals surface area contributed by atoms with E-state index >= 15 is 0 Å². The van der Waals surface area contributed by atoms with Crippen LogP contribution in [-0.4, -0.2) is 30.7 Å². The van der Waals surface area contributed by atoms with Gasteiger partial charge in [0.15, 0.2) is 0 Å². The minimum Gasteiger partial charge on any atom is -0.377 e. The van der Waals surface area contributed by atoms with Crippen molar-refractivity contribution in [3.05, 3.63) is 71.5 Å². The molecule has 4 rings (SSSR count). The first-order valence-electron chi connectivity index (χ1n) is 9.96. The summed E-state index contributed by atoms with van der Waals surface area (Å²) in [6.07, 6.45) is -2.90. The number of hydrogen-bond donors (Lipinski definition) is 1. The van der Waals surface area contributed by atoms with Crippen LogP contribution in [-0.2, 0) is 11.0 Å². The maximum atomic E-state index is 13.6. The summed E-state index contributed by atoms with van der Waals surface area (Å²) in [5, 5.41) is 2.57. The topological polar surface area (TPSA) is 57.6 Å². The molecule has 5 nitrogen and oxygen atoms in total. The molecule has 1 aromatic heterocycles. The van der Waals surface area contributed by atoms with E-state index in [4.69, 9.17) is 0 Å². The van der Waals surface area contributed by atoms with E-state index in [1.54, 1.807) is 6.20 Å². The van der Waals surface area contributed by atoms with Gasteiger partial charge in [0.25, 0.3) is 0 Å². The van der Waals surface area contributed by atoms with Gasteiger partial charge < -0.3 is 10.2 Å². The maximum absolute atomic E-state index is 13.6. The summed E-state index contributed by atoms with van der Waals surface area (Å²) in [5.41, 5.74) is 3.43. The first kappa shape index (κ1) is 21.5. The first-order chi connectivity index (χ1) is 15.1. The van der Waals surface area contributed by atoms with Crippen molar-refractivity contribution in [2.24, 2.45) is 4.99 Å². The van der Waals surface area contributed by atoms with Gasteiger partial charge >= 0.3 is 6.18 Å². The Kier molecular flexibility index (Phi) is 5.46. The molecule has 8 heteroatoms. The number of nitrogens with one attached hydrogen (secondary N) is 1. The maximum Gasteiger partial charge on any atom is 0.418 e. The number of benzene rings is 2. The highest BCUT2D eigenvalue weighted by Crippen LogP contribution is 2.43. The fraction of sp³-hybridized carbons (Fsp3) is 0.208. The SMILES string of the molecule is Cc1ncccc1-c1cccc(C2=Nc3cc(N(C)C)c(C(F)(F)F)cc3NC(=O)C2)c1. The molecule has 2 aromatic carbocycles. The number of anilines is 2. The zero-order valence-electron chi connectivity index (χ0n) is 17.8. The van der Waals surface area contributed by atoms with Crippen molar-refractivity contribution in [2.75, 3.05) is 24.3 Å². The number of amides is 1. The van der Waals surface area contributed by atoms with Gasteiger partial charge in [-0.25, -0.2) is 0 Å². The van der Waals surface area contributed by atoms with E-state index in [0.29, 0.717) is 5.71 Å². The van der Waals surface area contributed by atoms with Crippen LogP contribution >= 0.6 is 0 Å². The molecule has 0 bridgehead atoms. The molecule has 0 fully saturated rings. The summed E-state index contributed by atoms with van der Waals surface area (Å²) in [6, 6.07) is 13.7. The number of fused-ring (bicyclic) bond motifs is 1. The van der Waals surface area contributed by atoms with Crippen LogP contribution < -0.4 is 10.2 Å². The molecule has 1 amide bonds. The summed E-state index contributed by atoms with van der Waals surface area (Å²) >= 11 is 0. The minimum absolute atomic E-state index is 0.0183. The number of hydrogen-bond acceptors (Lipinski definition) is 4. The first-order valence-corrected chi connectivity index (χ1v) is 9.96. The molecule has 2 heterocycles. The molecule has 0 saturated carbocycles. The number of aryl methyl sites for hydroxylation is 1. The summed E-state index contributed by atoms with van der Waals surface area (Å²) in [6.45, 7) is 1.91. The molecule has 164 valence electrons. The lowest BCUT2D eigenvalue weighted by atomic mass is 9.99. The molecule has 0 aliphatic carbocycles. The predicted octanol–water partition coefficient (Wildman–Crippen LogP) is 5.60. The summed E-state index contributed by atoms with van der Waals surface area (Å²) in [4.78, 5) is 22.8. The second kappa shape index (κ2) is 8.11. The second-order valence-electron chi connectivity index (χ2n) is 7.78. The zero-order chi connectivity index (χ0) is 23.0. The molecule has 0 saturated heterocycles. The minimum atomic E-state index is -4.56. The fourth-order valence-corrected chi connectivity index (χ4v) is 3.72. The van der Waals surface area contributed by atoms with Gasteiger partial charge in [-0.2, -0.15) is 13.2 Å². The van der Waals surface area contributed by atoms with E-state index in [1.807, 2.05) is 43.3 Å². The quantitative estimate of drug-likeness (QED) is 0.579. The highest BCUT2D eigenvalue weighted by atomic mass is 19.4. The molecule has 0 atom stereocenters. The van der Waals surface area contributed by atoms with Gasteiger partial charge in [-0.3, -0.25) is 14.8 Å². The Morgan fingerprint density at radius 1 is 1.03 bits per heavy atom. The van der Waals surface area contributed by atoms with Crippen molar-refractivity contribution in [3.8, 4) is 11.1 Å². The van der Waals surface area contributed by atoms with Crippen molar-refractivity contribution in [1.82, 2.24) is 4.98 Å². The Bertz CT molecular complexity index is 1230. The standard InChI is InChI=1S/C24H21F3N4O/c1-14-17(8-5-9-28-14)15-6-4-7-16(10-15)19-13-23(32)30-20-11-18(24(25,26)27)22(31(2)3)12-21(20)29-19/h4-12H,13H2,1-3H3,(H,30,32). The van der Waals surface area contributed by atoms with Crippen molar-refractivity contribution < 1.29 is 18.0 Å². The van der Waals surface area contributed by atoms with Gasteiger partial charge in [-0.05, 0) is 42.3 Å².